The Hall–Kier alpha value is -1.30. The Balaban J connectivity index is 2.87. The van der Waals surface area contributed by atoms with Crippen LogP contribution in [0.1, 0.15) is 18.0 Å². The molecule has 0 aliphatic rings. The lowest BCUT2D eigenvalue weighted by Crippen LogP contribution is -2.21. The normalized spacial score (nSPS) is 13.9. The summed E-state index contributed by atoms with van der Waals surface area (Å²) >= 11 is 0. The van der Waals surface area contributed by atoms with Crippen molar-refractivity contribution in [2.24, 2.45) is 5.73 Å². The van der Waals surface area contributed by atoms with Gasteiger partial charge in [-0.3, -0.25) is 0 Å². The summed E-state index contributed by atoms with van der Waals surface area (Å²) in [6.07, 6.45) is -5.74. The molecule has 6 heteroatoms. The third kappa shape index (κ3) is 3.39. The third-order valence-electron chi connectivity index (χ3n) is 1.83. The predicted octanol–water partition coefficient (Wildman–Crippen LogP) is 2.48. The number of rotatable bonds is 2. The maximum atomic E-state index is 13.1. The molecule has 0 bridgehead atoms. The fourth-order valence-corrected chi connectivity index (χ4v) is 1.18. The maximum Gasteiger partial charge on any atom is 0.390 e. The van der Waals surface area contributed by atoms with Gasteiger partial charge in [0, 0.05) is 17.7 Å². The topological polar surface area (TPSA) is 46.2 Å². The van der Waals surface area contributed by atoms with Crippen molar-refractivity contribution in [1.29, 1.82) is 0 Å². The summed E-state index contributed by atoms with van der Waals surface area (Å²) in [7, 11) is 0. The van der Waals surface area contributed by atoms with E-state index in [0.717, 1.165) is 18.2 Å². The Kier molecular flexibility index (Phi) is 3.18. The van der Waals surface area contributed by atoms with E-state index in [9.17, 15) is 17.6 Å². The van der Waals surface area contributed by atoms with Crippen molar-refractivity contribution in [1.82, 2.24) is 0 Å². The number of aromatic hydroxyl groups is 1. The molecule has 1 aromatic carbocycles. The van der Waals surface area contributed by atoms with Gasteiger partial charge in [-0.15, -0.1) is 0 Å². The van der Waals surface area contributed by atoms with Crippen molar-refractivity contribution < 1.29 is 22.7 Å². The van der Waals surface area contributed by atoms with E-state index in [1.807, 2.05) is 0 Å². The lowest BCUT2D eigenvalue weighted by atomic mass is 10.0. The minimum Gasteiger partial charge on any atom is -0.508 e. The quantitative estimate of drug-likeness (QED) is 0.756. The van der Waals surface area contributed by atoms with Crippen molar-refractivity contribution in [2.45, 2.75) is 18.6 Å². The standard InChI is InChI=1S/C9H9F4NO/c10-7-3-5(15)1-2-6(7)8(14)4-9(11,12)13/h1-3,8,15H,4,14H2/t8-/m0/s1. The summed E-state index contributed by atoms with van der Waals surface area (Å²) in [5.41, 5.74) is 4.93. The molecule has 0 spiro atoms. The fourth-order valence-electron chi connectivity index (χ4n) is 1.18. The molecule has 0 unspecified atom stereocenters. The van der Waals surface area contributed by atoms with Gasteiger partial charge >= 0.3 is 6.18 Å². The van der Waals surface area contributed by atoms with Gasteiger partial charge in [0.2, 0.25) is 0 Å². The molecule has 0 saturated carbocycles. The molecule has 0 amide bonds. The molecular weight excluding hydrogens is 214 g/mol. The SMILES string of the molecule is N[C@@H](CC(F)(F)F)c1ccc(O)cc1F. The zero-order chi connectivity index (χ0) is 11.6. The minimum atomic E-state index is -4.44. The first-order valence-corrected chi connectivity index (χ1v) is 4.10. The highest BCUT2D eigenvalue weighted by Gasteiger charge is 2.31. The highest BCUT2D eigenvalue weighted by Crippen LogP contribution is 2.29. The number of hydrogen-bond acceptors (Lipinski definition) is 2. The van der Waals surface area contributed by atoms with E-state index in [4.69, 9.17) is 10.8 Å². The van der Waals surface area contributed by atoms with Gasteiger partial charge in [-0.1, -0.05) is 6.07 Å². The van der Waals surface area contributed by atoms with Gasteiger partial charge in [0.1, 0.15) is 11.6 Å². The molecule has 0 saturated heterocycles. The van der Waals surface area contributed by atoms with Gasteiger partial charge < -0.3 is 10.8 Å². The molecule has 0 fully saturated rings. The highest BCUT2D eigenvalue weighted by atomic mass is 19.4. The number of alkyl halides is 3. The zero-order valence-electron chi connectivity index (χ0n) is 7.55. The summed E-state index contributed by atoms with van der Waals surface area (Å²) in [4.78, 5) is 0. The average Bonchev–Trinajstić information content (AvgIpc) is 1.99. The lowest BCUT2D eigenvalue weighted by Gasteiger charge is -2.15. The van der Waals surface area contributed by atoms with Crippen LogP contribution in [0.4, 0.5) is 17.6 Å². The molecule has 2 nitrogen and oxygen atoms in total. The second kappa shape index (κ2) is 4.06. The Labute approximate surface area is 83.3 Å². The average molecular weight is 223 g/mol. The summed E-state index contributed by atoms with van der Waals surface area (Å²) in [6, 6.07) is 1.41. The van der Waals surface area contributed by atoms with Gasteiger partial charge in [-0.25, -0.2) is 4.39 Å². The predicted molar refractivity (Wildman–Crippen MR) is 45.7 cm³/mol. The Morgan fingerprint density at radius 2 is 1.93 bits per heavy atom. The smallest absolute Gasteiger partial charge is 0.390 e. The van der Waals surface area contributed by atoms with Crippen molar-refractivity contribution >= 4 is 0 Å². The van der Waals surface area contributed by atoms with Gasteiger partial charge in [0.15, 0.2) is 0 Å². The van der Waals surface area contributed by atoms with E-state index in [0.29, 0.717) is 0 Å². The number of benzene rings is 1. The van der Waals surface area contributed by atoms with Crippen molar-refractivity contribution in [3.05, 3.63) is 29.6 Å². The van der Waals surface area contributed by atoms with Gasteiger partial charge in [-0.05, 0) is 6.07 Å². The maximum absolute atomic E-state index is 13.1. The highest BCUT2D eigenvalue weighted by molar-refractivity contribution is 5.29. The van der Waals surface area contributed by atoms with Crippen molar-refractivity contribution in [3.63, 3.8) is 0 Å². The summed E-state index contributed by atoms with van der Waals surface area (Å²) in [5, 5.41) is 8.85. The Bertz CT molecular complexity index is 350. The molecule has 1 atom stereocenters. The van der Waals surface area contributed by atoms with Gasteiger partial charge in [-0.2, -0.15) is 13.2 Å². The fraction of sp³-hybridized carbons (Fsp3) is 0.333. The molecular formula is C9H9F4NO. The van der Waals surface area contributed by atoms with Crippen molar-refractivity contribution in [2.75, 3.05) is 0 Å². The van der Waals surface area contributed by atoms with E-state index < -0.39 is 24.5 Å². The monoisotopic (exact) mass is 223 g/mol. The third-order valence-corrected chi connectivity index (χ3v) is 1.83. The van der Waals surface area contributed by atoms with Crippen LogP contribution in [0, 0.1) is 5.82 Å². The zero-order valence-corrected chi connectivity index (χ0v) is 7.55. The van der Waals surface area contributed by atoms with Crippen LogP contribution in [0.25, 0.3) is 0 Å². The van der Waals surface area contributed by atoms with Crippen LogP contribution in [-0.4, -0.2) is 11.3 Å². The molecule has 0 aliphatic heterocycles. The van der Waals surface area contributed by atoms with Crippen LogP contribution in [0.5, 0.6) is 5.75 Å². The molecule has 15 heavy (non-hydrogen) atoms. The minimum absolute atomic E-state index is 0.259. The van der Waals surface area contributed by atoms with Gasteiger partial charge in [0.25, 0.3) is 0 Å². The van der Waals surface area contributed by atoms with Gasteiger partial charge in [0.05, 0.1) is 6.42 Å². The molecule has 3 N–H and O–H groups in total. The van der Waals surface area contributed by atoms with E-state index in [1.54, 1.807) is 0 Å². The van der Waals surface area contributed by atoms with Crippen molar-refractivity contribution in [3.8, 4) is 5.75 Å². The van der Waals surface area contributed by atoms with Crippen LogP contribution >= 0.6 is 0 Å². The Morgan fingerprint density at radius 1 is 1.33 bits per heavy atom. The van der Waals surface area contributed by atoms with E-state index >= 15 is 0 Å². The van der Waals surface area contributed by atoms with E-state index in [1.165, 1.54) is 0 Å². The first kappa shape index (κ1) is 11.8. The lowest BCUT2D eigenvalue weighted by molar-refractivity contribution is -0.138. The second-order valence-corrected chi connectivity index (χ2v) is 3.13. The number of phenolic OH excluding ortho intramolecular Hbond substituents is 1. The van der Waals surface area contributed by atoms with E-state index in [2.05, 4.69) is 0 Å². The Morgan fingerprint density at radius 3 is 2.40 bits per heavy atom. The van der Waals surface area contributed by atoms with Crippen LogP contribution < -0.4 is 5.73 Å². The molecule has 0 radical (unpaired) electrons. The molecule has 84 valence electrons. The van der Waals surface area contributed by atoms with Crippen LogP contribution in [0.15, 0.2) is 18.2 Å². The van der Waals surface area contributed by atoms with Crippen LogP contribution in [0.2, 0.25) is 0 Å². The summed E-state index contributed by atoms with van der Waals surface area (Å²) < 4.78 is 48.9. The summed E-state index contributed by atoms with van der Waals surface area (Å²) in [5.74, 6) is -1.29. The first-order chi connectivity index (χ1) is 6.79. The number of nitrogens with two attached hydrogens (primary N) is 1. The molecule has 0 heterocycles. The molecule has 0 aromatic heterocycles. The summed E-state index contributed by atoms with van der Waals surface area (Å²) in [6.45, 7) is 0. The largest absolute Gasteiger partial charge is 0.508 e. The van der Waals surface area contributed by atoms with Crippen LogP contribution in [0.3, 0.4) is 0 Å². The number of phenols is 1. The molecule has 0 aliphatic carbocycles. The molecule has 1 aromatic rings. The molecule has 1 rings (SSSR count). The number of halogens is 4. The number of hydrogen-bond donors (Lipinski definition) is 2. The first-order valence-electron chi connectivity index (χ1n) is 4.10. The second-order valence-electron chi connectivity index (χ2n) is 3.13. The van der Waals surface area contributed by atoms with Crippen LogP contribution in [-0.2, 0) is 0 Å². The van der Waals surface area contributed by atoms with E-state index in [-0.39, 0.29) is 11.3 Å².